The van der Waals surface area contributed by atoms with E-state index in [1.54, 1.807) is 31.1 Å². The Hall–Kier alpha value is -2.97. The molecule has 0 amide bonds. The molecule has 0 aromatic heterocycles. The molecule has 0 aliphatic carbocycles. The van der Waals surface area contributed by atoms with Gasteiger partial charge in [-0.15, -0.1) is 13.2 Å². The summed E-state index contributed by atoms with van der Waals surface area (Å²) in [4.78, 5) is 5.79. The van der Waals surface area contributed by atoms with Gasteiger partial charge in [0, 0.05) is 20.6 Å². The van der Waals surface area contributed by atoms with Crippen LogP contribution in [0.2, 0.25) is 0 Å². The van der Waals surface area contributed by atoms with Crippen LogP contribution in [-0.2, 0) is 13.1 Å². The molecule has 0 unspecified atom stereocenters. The van der Waals surface area contributed by atoms with E-state index in [1.165, 1.54) is 30.3 Å². The summed E-state index contributed by atoms with van der Waals surface area (Å²) in [6.07, 6.45) is -4.72. The van der Waals surface area contributed by atoms with Crippen LogP contribution in [0.25, 0.3) is 0 Å². The Bertz CT molecular complexity index is 789. The highest BCUT2D eigenvalue weighted by Crippen LogP contribution is 2.22. The third-order valence-electron chi connectivity index (χ3n) is 3.56. The number of nitrogens with zero attached hydrogens (tertiary/aromatic N) is 2. The van der Waals surface area contributed by atoms with Gasteiger partial charge in [0.15, 0.2) is 5.96 Å². The average Bonchev–Trinajstić information content (AvgIpc) is 2.57. The number of benzene rings is 2. The first-order valence-electron chi connectivity index (χ1n) is 7.98. The molecule has 2 aromatic rings. The molecule has 2 rings (SSSR count). The van der Waals surface area contributed by atoms with Gasteiger partial charge in [0.2, 0.25) is 0 Å². The number of rotatable bonds is 6. The molecule has 0 atom stereocenters. The van der Waals surface area contributed by atoms with E-state index in [1.807, 2.05) is 0 Å². The maximum Gasteiger partial charge on any atom is 0.573 e. The van der Waals surface area contributed by atoms with Gasteiger partial charge in [0.05, 0.1) is 12.2 Å². The predicted octanol–water partition coefficient (Wildman–Crippen LogP) is 3.39. The van der Waals surface area contributed by atoms with Crippen molar-refractivity contribution in [2.45, 2.75) is 19.5 Å². The quantitative estimate of drug-likeness (QED) is 0.455. The molecular formula is C18H20F4N4O. The van der Waals surface area contributed by atoms with Gasteiger partial charge in [-0.1, -0.05) is 18.2 Å². The van der Waals surface area contributed by atoms with Crippen LogP contribution in [0.4, 0.5) is 23.2 Å². The maximum absolute atomic E-state index is 13.9. The summed E-state index contributed by atoms with van der Waals surface area (Å²) < 4.78 is 54.1. The van der Waals surface area contributed by atoms with E-state index in [0.717, 1.165) is 0 Å². The minimum Gasteiger partial charge on any atom is -0.406 e. The first kappa shape index (κ1) is 20.3. The Morgan fingerprint density at radius 1 is 1.11 bits per heavy atom. The van der Waals surface area contributed by atoms with Crippen molar-refractivity contribution in [3.05, 3.63) is 59.4 Å². The maximum atomic E-state index is 13.9. The van der Waals surface area contributed by atoms with Gasteiger partial charge in [0.1, 0.15) is 11.6 Å². The van der Waals surface area contributed by atoms with Crippen LogP contribution in [0, 0.1) is 5.82 Å². The topological polar surface area (TPSA) is 62.9 Å². The lowest BCUT2D eigenvalue weighted by Crippen LogP contribution is -2.31. The molecule has 9 heteroatoms. The van der Waals surface area contributed by atoms with Crippen molar-refractivity contribution < 1.29 is 22.3 Å². The van der Waals surface area contributed by atoms with Gasteiger partial charge in [-0.3, -0.25) is 0 Å². The van der Waals surface area contributed by atoms with Crippen LogP contribution in [0.1, 0.15) is 11.1 Å². The number of ether oxygens (including phenoxy) is 1. The van der Waals surface area contributed by atoms with Gasteiger partial charge < -0.3 is 20.7 Å². The second kappa shape index (κ2) is 8.61. The van der Waals surface area contributed by atoms with Crippen molar-refractivity contribution in [2.24, 2.45) is 10.7 Å². The Kier molecular flexibility index (Phi) is 6.49. The molecule has 0 bridgehead atoms. The molecule has 0 saturated heterocycles. The zero-order valence-electron chi connectivity index (χ0n) is 14.8. The summed E-state index contributed by atoms with van der Waals surface area (Å²) in [5.41, 5.74) is 7.60. The number of nitrogens with two attached hydrogens (primary N) is 1. The lowest BCUT2D eigenvalue weighted by atomic mass is 10.2. The molecule has 0 radical (unpaired) electrons. The van der Waals surface area contributed by atoms with E-state index in [0.29, 0.717) is 16.8 Å². The Morgan fingerprint density at radius 2 is 1.74 bits per heavy atom. The van der Waals surface area contributed by atoms with E-state index >= 15 is 0 Å². The molecular weight excluding hydrogens is 364 g/mol. The fourth-order valence-corrected chi connectivity index (χ4v) is 2.25. The zero-order chi connectivity index (χ0) is 20.0. The minimum absolute atomic E-state index is 0.141. The standard InChI is InChI=1S/C18H20F4N4O/c1-26(2)16-8-5-13(9-15(16)19)11-25-17(23)24-10-12-3-6-14(7-4-12)27-18(20,21)22/h3-9H,10-11H2,1-2H3,(H3,23,24,25). The Balaban J connectivity index is 1.88. The molecule has 27 heavy (non-hydrogen) atoms. The molecule has 0 spiro atoms. The van der Waals surface area contributed by atoms with Crippen LogP contribution < -0.4 is 20.7 Å². The highest BCUT2D eigenvalue weighted by Gasteiger charge is 2.30. The van der Waals surface area contributed by atoms with Gasteiger partial charge in [-0.05, 0) is 35.4 Å². The number of halogens is 4. The SMILES string of the molecule is CN(C)c1ccc(CN=C(N)NCc2ccc(OC(F)(F)F)cc2)cc1F. The smallest absolute Gasteiger partial charge is 0.406 e. The fourth-order valence-electron chi connectivity index (χ4n) is 2.25. The Morgan fingerprint density at radius 3 is 2.30 bits per heavy atom. The monoisotopic (exact) mass is 384 g/mol. The van der Waals surface area contributed by atoms with E-state index in [9.17, 15) is 17.6 Å². The van der Waals surface area contributed by atoms with Crippen molar-refractivity contribution in [2.75, 3.05) is 19.0 Å². The van der Waals surface area contributed by atoms with E-state index in [4.69, 9.17) is 5.73 Å². The van der Waals surface area contributed by atoms with E-state index < -0.39 is 6.36 Å². The van der Waals surface area contributed by atoms with Crippen molar-refractivity contribution in [3.63, 3.8) is 0 Å². The number of hydrogen-bond acceptors (Lipinski definition) is 3. The largest absolute Gasteiger partial charge is 0.573 e. The molecule has 0 saturated carbocycles. The van der Waals surface area contributed by atoms with Gasteiger partial charge in [-0.25, -0.2) is 9.38 Å². The van der Waals surface area contributed by atoms with Crippen LogP contribution in [0.15, 0.2) is 47.5 Å². The third-order valence-corrected chi connectivity index (χ3v) is 3.56. The zero-order valence-corrected chi connectivity index (χ0v) is 14.8. The van der Waals surface area contributed by atoms with E-state index in [2.05, 4.69) is 15.0 Å². The highest BCUT2D eigenvalue weighted by molar-refractivity contribution is 5.77. The molecule has 5 nitrogen and oxygen atoms in total. The number of nitrogens with one attached hydrogen (secondary N) is 1. The number of anilines is 1. The normalized spacial score (nSPS) is 12.0. The second-order valence-electron chi connectivity index (χ2n) is 5.93. The molecule has 0 heterocycles. The van der Waals surface area contributed by atoms with Crippen LogP contribution >= 0.6 is 0 Å². The Labute approximate surface area is 154 Å². The van der Waals surface area contributed by atoms with Crippen LogP contribution in [-0.4, -0.2) is 26.4 Å². The summed E-state index contributed by atoms with van der Waals surface area (Å²) in [6.45, 7) is 0.470. The summed E-state index contributed by atoms with van der Waals surface area (Å²) >= 11 is 0. The van der Waals surface area contributed by atoms with Gasteiger partial charge >= 0.3 is 6.36 Å². The minimum atomic E-state index is -4.72. The third kappa shape index (κ3) is 6.69. The average molecular weight is 384 g/mol. The number of aliphatic imine (C=N–C) groups is 1. The van der Waals surface area contributed by atoms with Gasteiger partial charge in [0.25, 0.3) is 0 Å². The molecule has 2 aromatic carbocycles. The van der Waals surface area contributed by atoms with Crippen molar-refractivity contribution in [1.82, 2.24) is 5.32 Å². The summed E-state index contributed by atoms with van der Waals surface area (Å²) in [7, 11) is 3.50. The lowest BCUT2D eigenvalue weighted by molar-refractivity contribution is -0.274. The highest BCUT2D eigenvalue weighted by atomic mass is 19.4. The first-order chi connectivity index (χ1) is 12.6. The number of hydrogen-bond donors (Lipinski definition) is 2. The van der Waals surface area contributed by atoms with E-state index in [-0.39, 0.29) is 30.6 Å². The lowest BCUT2D eigenvalue weighted by Gasteiger charge is -2.13. The fraction of sp³-hybridized carbons (Fsp3) is 0.278. The predicted molar refractivity (Wildman–Crippen MR) is 96.0 cm³/mol. The summed E-state index contributed by atoms with van der Waals surface area (Å²) in [6, 6.07) is 10.2. The second-order valence-corrected chi connectivity index (χ2v) is 5.93. The molecule has 0 fully saturated rings. The van der Waals surface area contributed by atoms with Crippen molar-refractivity contribution in [3.8, 4) is 5.75 Å². The molecule has 0 aliphatic rings. The van der Waals surface area contributed by atoms with Crippen molar-refractivity contribution >= 4 is 11.6 Å². The van der Waals surface area contributed by atoms with Crippen molar-refractivity contribution in [1.29, 1.82) is 0 Å². The molecule has 0 aliphatic heterocycles. The van der Waals surface area contributed by atoms with Crippen LogP contribution in [0.5, 0.6) is 5.75 Å². The first-order valence-corrected chi connectivity index (χ1v) is 7.98. The number of alkyl halides is 3. The number of guanidine groups is 1. The van der Waals surface area contributed by atoms with Gasteiger partial charge in [-0.2, -0.15) is 0 Å². The van der Waals surface area contributed by atoms with Crippen LogP contribution in [0.3, 0.4) is 0 Å². The summed E-state index contributed by atoms with van der Waals surface area (Å²) in [5.74, 6) is -0.501. The molecule has 3 N–H and O–H groups in total. The molecule has 146 valence electrons. The summed E-state index contributed by atoms with van der Waals surface area (Å²) in [5, 5.41) is 2.84.